The lowest BCUT2D eigenvalue weighted by atomic mass is 9.96. The normalized spacial score (nSPS) is 27.9. The zero-order valence-electron chi connectivity index (χ0n) is 56.8. The zero-order valence-corrected chi connectivity index (χ0v) is 56.8. The first-order valence-electron chi connectivity index (χ1n) is 37.1. The second kappa shape index (κ2) is 54.3. The molecule has 3 rings (SSSR count). The van der Waals surface area contributed by atoms with Gasteiger partial charge in [0.15, 0.2) is 18.9 Å². The van der Waals surface area contributed by atoms with Gasteiger partial charge in [0.2, 0.25) is 5.91 Å². The fourth-order valence-electron chi connectivity index (χ4n) is 12.7. The van der Waals surface area contributed by atoms with Gasteiger partial charge in [0.1, 0.15) is 73.2 Å². The largest absolute Gasteiger partial charge is 0.394 e. The number of hydrogen-bond donors (Lipinski definition) is 12. The van der Waals surface area contributed by atoms with Crippen molar-refractivity contribution in [2.75, 3.05) is 26.4 Å². The number of carbonyl (C=O) groups is 1. The second-order valence-electron chi connectivity index (χ2n) is 26.8. The van der Waals surface area contributed by atoms with Crippen LogP contribution in [0, 0.1) is 0 Å². The van der Waals surface area contributed by atoms with E-state index in [2.05, 4.69) is 31.3 Å². The molecule has 3 heterocycles. The molecule has 17 unspecified atom stereocenters. The Balaban J connectivity index is 1.42. The van der Waals surface area contributed by atoms with E-state index < -0.39 is 124 Å². The third-order valence-corrected chi connectivity index (χ3v) is 18.8. The first-order chi connectivity index (χ1) is 44.3. The van der Waals surface area contributed by atoms with Gasteiger partial charge in [-0.05, 0) is 32.1 Å². The van der Waals surface area contributed by atoms with Crippen LogP contribution in [0.1, 0.15) is 296 Å². The molecule has 17 atom stereocenters. The van der Waals surface area contributed by atoms with Gasteiger partial charge in [0, 0.05) is 6.42 Å². The molecule has 12 N–H and O–H groups in total. The van der Waals surface area contributed by atoms with Gasteiger partial charge >= 0.3 is 0 Å². The summed E-state index contributed by atoms with van der Waals surface area (Å²) in [7, 11) is 0. The van der Waals surface area contributed by atoms with Gasteiger partial charge in [0.25, 0.3) is 0 Å². The first kappa shape index (κ1) is 83.5. The third kappa shape index (κ3) is 35.9. The van der Waals surface area contributed by atoms with Crippen LogP contribution in [0.15, 0.2) is 24.3 Å². The Hall–Kier alpha value is -1.73. The molecule has 1 amide bonds. The Morgan fingerprint density at radius 3 is 1.10 bits per heavy atom. The minimum atomic E-state index is -1.98. The summed E-state index contributed by atoms with van der Waals surface area (Å²) in [5.74, 6) is -0.279. The van der Waals surface area contributed by atoms with E-state index >= 15 is 0 Å². The van der Waals surface area contributed by atoms with Crippen molar-refractivity contribution in [3.05, 3.63) is 24.3 Å². The Labute approximate surface area is 549 Å². The average Bonchev–Trinajstić information content (AvgIpc) is 0.887. The molecule has 0 aromatic heterocycles. The van der Waals surface area contributed by atoms with Crippen molar-refractivity contribution >= 4 is 5.91 Å². The Kier molecular flexibility index (Phi) is 49.8. The zero-order chi connectivity index (χ0) is 66.1. The number of aliphatic hydroxyl groups excluding tert-OH is 11. The van der Waals surface area contributed by atoms with Gasteiger partial charge in [-0.1, -0.05) is 282 Å². The quantitative estimate of drug-likeness (QED) is 0.0199. The Bertz CT molecular complexity index is 1750. The third-order valence-electron chi connectivity index (χ3n) is 18.8. The monoisotopic (exact) mass is 1300 g/mol. The molecule has 19 heteroatoms. The van der Waals surface area contributed by atoms with Gasteiger partial charge in [-0.25, -0.2) is 0 Å². The fraction of sp³-hybridized carbons (Fsp3) is 0.931. The molecular formula is C72H135NO18. The molecule has 0 saturated carbocycles. The summed E-state index contributed by atoms with van der Waals surface area (Å²) in [6.45, 7) is 1.76. The van der Waals surface area contributed by atoms with Gasteiger partial charge in [-0.3, -0.25) is 4.79 Å². The van der Waals surface area contributed by atoms with Crippen LogP contribution in [0.25, 0.3) is 0 Å². The summed E-state index contributed by atoms with van der Waals surface area (Å²) < 4.78 is 34.4. The maximum Gasteiger partial charge on any atom is 0.220 e. The lowest BCUT2D eigenvalue weighted by Gasteiger charge is -2.48. The Morgan fingerprint density at radius 1 is 0.385 bits per heavy atom. The number of unbranched alkanes of at least 4 members (excludes halogenated alkanes) is 40. The molecule has 3 aliphatic heterocycles. The second-order valence-corrected chi connectivity index (χ2v) is 26.8. The molecule has 0 radical (unpaired) electrons. The van der Waals surface area contributed by atoms with Gasteiger partial charge in [0.05, 0.1) is 38.6 Å². The van der Waals surface area contributed by atoms with Crippen molar-refractivity contribution < 1.29 is 89.4 Å². The lowest BCUT2D eigenvalue weighted by Crippen LogP contribution is -2.66. The van der Waals surface area contributed by atoms with Crippen molar-refractivity contribution in [1.82, 2.24) is 5.32 Å². The van der Waals surface area contributed by atoms with Gasteiger partial charge in [-0.2, -0.15) is 0 Å². The van der Waals surface area contributed by atoms with Crippen molar-refractivity contribution in [2.45, 2.75) is 401 Å². The number of ether oxygens (including phenoxy) is 6. The molecule has 0 aromatic carbocycles. The number of nitrogens with one attached hydrogen (secondary N) is 1. The van der Waals surface area contributed by atoms with E-state index in [1.807, 2.05) is 6.08 Å². The van der Waals surface area contributed by atoms with Crippen LogP contribution < -0.4 is 5.32 Å². The summed E-state index contributed by atoms with van der Waals surface area (Å²) in [4.78, 5) is 13.4. The van der Waals surface area contributed by atoms with E-state index in [1.165, 1.54) is 225 Å². The lowest BCUT2D eigenvalue weighted by molar-refractivity contribution is -0.379. The maximum atomic E-state index is 13.4. The molecule has 91 heavy (non-hydrogen) atoms. The molecule has 3 fully saturated rings. The number of carbonyl (C=O) groups excluding carboxylic acids is 1. The molecular weight excluding hydrogens is 1170 g/mol. The highest BCUT2D eigenvalue weighted by Gasteiger charge is 2.53. The molecule has 3 aliphatic rings. The predicted molar refractivity (Wildman–Crippen MR) is 356 cm³/mol. The highest BCUT2D eigenvalue weighted by Crippen LogP contribution is 2.33. The summed E-state index contributed by atoms with van der Waals surface area (Å²) in [5.41, 5.74) is 0. The molecule has 19 nitrogen and oxygen atoms in total. The number of hydrogen-bond acceptors (Lipinski definition) is 18. The fourth-order valence-corrected chi connectivity index (χ4v) is 12.7. The van der Waals surface area contributed by atoms with E-state index in [4.69, 9.17) is 28.4 Å². The van der Waals surface area contributed by atoms with Crippen LogP contribution in [0.2, 0.25) is 0 Å². The first-order valence-corrected chi connectivity index (χ1v) is 37.1. The van der Waals surface area contributed by atoms with Gasteiger partial charge in [-0.15, -0.1) is 0 Å². The number of amides is 1. The minimum Gasteiger partial charge on any atom is -0.394 e. The van der Waals surface area contributed by atoms with E-state index in [9.17, 15) is 61.0 Å². The minimum absolute atomic E-state index is 0.241. The number of aliphatic hydroxyl groups is 11. The van der Waals surface area contributed by atoms with Crippen LogP contribution in [-0.2, 0) is 33.2 Å². The highest BCUT2D eigenvalue weighted by atomic mass is 16.8. The van der Waals surface area contributed by atoms with E-state index in [0.717, 1.165) is 38.5 Å². The molecule has 0 aromatic rings. The molecule has 536 valence electrons. The molecule has 0 aliphatic carbocycles. The maximum absolute atomic E-state index is 13.4. The number of rotatable bonds is 58. The summed E-state index contributed by atoms with van der Waals surface area (Å²) in [5, 5.41) is 121. The van der Waals surface area contributed by atoms with Crippen molar-refractivity contribution in [2.24, 2.45) is 0 Å². The van der Waals surface area contributed by atoms with E-state index in [-0.39, 0.29) is 18.9 Å². The molecule has 3 saturated heterocycles. The standard InChI is InChI=1S/C72H135NO18/c1-3-5-7-9-11-13-15-17-19-21-23-25-26-27-28-29-30-32-34-36-38-40-42-44-46-48-50-60(78)73-55(56(77)49-47-45-43-41-39-37-35-33-31-24-22-20-18-16-14-12-10-8-6-4-2)54-86-70-66(84)63(81)68(58(52-75)88-70)91-72-67(85)64(82)69(59(53-76)89-72)90-71-65(83)62(80)61(79)57(51-74)87-71/h39,41,47,49,55-59,61-72,74-77,79-85H,3-38,40,42-46,48,50-54H2,1-2H3,(H,73,78)/b41-39+,49-47+. The summed E-state index contributed by atoms with van der Waals surface area (Å²) in [6.07, 6.45) is 35.9. The Morgan fingerprint density at radius 2 is 0.703 bits per heavy atom. The van der Waals surface area contributed by atoms with Crippen LogP contribution in [0.4, 0.5) is 0 Å². The smallest absolute Gasteiger partial charge is 0.220 e. The van der Waals surface area contributed by atoms with Crippen LogP contribution >= 0.6 is 0 Å². The molecule has 0 bridgehead atoms. The topological polar surface area (TPSA) is 307 Å². The van der Waals surface area contributed by atoms with Crippen LogP contribution in [0.5, 0.6) is 0 Å². The van der Waals surface area contributed by atoms with Crippen molar-refractivity contribution in [1.29, 1.82) is 0 Å². The van der Waals surface area contributed by atoms with Crippen molar-refractivity contribution in [3.63, 3.8) is 0 Å². The SMILES string of the molecule is CCCCCCCCCCCCCCCC/C=C/CC/C=C/C(O)C(COC1OC(CO)C(OC2OC(CO)C(OC3OC(CO)C(O)C(O)C3O)C(O)C2O)C(O)C1O)NC(=O)CCCCCCCCCCCCCCCCCCCCCCCCCCCC. The molecule has 0 spiro atoms. The average molecular weight is 1300 g/mol. The van der Waals surface area contributed by atoms with Crippen molar-refractivity contribution in [3.8, 4) is 0 Å². The number of allylic oxidation sites excluding steroid dienone is 3. The van der Waals surface area contributed by atoms with E-state index in [1.54, 1.807) is 6.08 Å². The van der Waals surface area contributed by atoms with E-state index in [0.29, 0.717) is 12.8 Å². The van der Waals surface area contributed by atoms with Crippen LogP contribution in [-0.4, -0.2) is 193 Å². The summed E-state index contributed by atoms with van der Waals surface area (Å²) in [6, 6.07) is -0.987. The van der Waals surface area contributed by atoms with Gasteiger partial charge < -0.3 is 89.9 Å². The highest BCUT2D eigenvalue weighted by molar-refractivity contribution is 5.76. The predicted octanol–water partition coefficient (Wildman–Crippen LogP) is 10.6. The summed E-state index contributed by atoms with van der Waals surface area (Å²) >= 11 is 0. The van der Waals surface area contributed by atoms with Crippen LogP contribution in [0.3, 0.4) is 0 Å².